The number of fused-ring (bicyclic) bond motifs is 2. The van der Waals surface area contributed by atoms with E-state index in [0.29, 0.717) is 26.2 Å². The van der Waals surface area contributed by atoms with Crippen LogP contribution >= 0.6 is 0 Å². The largest absolute Gasteiger partial charge is 0.549 e. The van der Waals surface area contributed by atoms with Crippen molar-refractivity contribution in [1.82, 2.24) is 0 Å². The topological polar surface area (TPSA) is 514 Å². The maximum absolute atomic E-state index is 12.6. The van der Waals surface area contributed by atoms with Crippen LogP contribution in [0.5, 0.6) is 0 Å². The van der Waals surface area contributed by atoms with Gasteiger partial charge in [0.25, 0.3) is 23.6 Å². The highest BCUT2D eigenvalue weighted by Crippen LogP contribution is 2.31. The van der Waals surface area contributed by atoms with E-state index in [1.165, 1.54) is 67.8 Å². The Kier molecular flexibility index (Phi) is 21.2. The molecular weight excluding hydrogens is 1010 g/mol. The fourth-order valence-corrected chi connectivity index (χ4v) is 8.44. The summed E-state index contributed by atoms with van der Waals surface area (Å²) in [6, 6.07) is 19.8. The molecule has 4 aromatic carbocycles. The van der Waals surface area contributed by atoms with Crippen LogP contribution in [0.4, 0.5) is 11.4 Å². The van der Waals surface area contributed by atoms with Gasteiger partial charge in [0.2, 0.25) is 0 Å². The van der Waals surface area contributed by atoms with Gasteiger partial charge in [-0.3, -0.25) is 85.0 Å². The highest BCUT2D eigenvalue weighted by Gasteiger charge is 2.38. The molecule has 0 saturated heterocycles. The van der Waals surface area contributed by atoms with E-state index in [9.17, 15) is 60.6 Å². The monoisotopic (exact) mass is 1070 g/mol. The zero-order valence-corrected chi connectivity index (χ0v) is 41.0. The normalized spacial score (nSPS) is 12.2. The minimum absolute atomic E-state index is 0.0153. The van der Waals surface area contributed by atoms with Crippen LogP contribution in [-0.2, 0) is 34.0 Å². The van der Waals surface area contributed by atoms with Gasteiger partial charge < -0.3 is 24.5 Å². The molecule has 0 aliphatic carbocycles. The number of anilines is 2. The molecule has 0 bridgehead atoms. The smallest absolute Gasteiger partial charge is 0.338 e. The fraction of sp³-hybridized carbons (Fsp3) is 0.205. The number of nitrogens with two attached hydrogens (primary N) is 8. The Balaban J connectivity index is 0.000000283. The van der Waals surface area contributed by atoms with Crippen molar-refractivity contribution in [2.75, 3.05) is 54.6 Å². The van der Waals surface area contributed by atoms with Crippen LogP contribution in [0.15, 0.2) is 101 Å². The molecule has 0 saturated carbocycles. The molecule has 2 aliphatic heterocycles. The maximum Gasteiger partial charge on any atom is 0.338 e. The summed E-state index contributed by atoms with van der Waals surface area (Å²) in [5.74, 6) is -8.04. The van der Waals surface area contributed by atoms with Crippen molar-refractivity contribution in [3.8, 4) is 0 Å². The van der Waals surface area contributed by atoms with E-state index in [4.69, 9.17) is 45.9 Å². The number of nitrogens with one attached hydrogen (secondary N) is 4. The van der Waals surface area contributed by atoms with Crippen LogP contribution in [-0.4, -0.2) is 127 Å². The number of nitrogens with zero attached hydrogens (tertiary/aromatic N) is 2. The number of esters is 1. The molecule has 20 N–H and O–H groups in total. The lowest BCUT2D eigenvalue weighted by Gasteiger charge is -2.15. The predicted octanol–water partition coefficient (Wildman–Crippen LogP) is -12.0. The van der Waals surface area contributed by atoms with Crippen molar-refractivity contribution in [3.05, 3.63) is 119 Å². The molecule has 0 aromatic heterocycles. The number of hydrogen-bond acceptors (Lipinski definition) is 14. The van der Waals surface area contributed by atoms with E-state index in [0.717, 1.165) is 40.8 Å². The Hall–Kier alpha value is -9.45. The fourth-order valence-electron chi connectivity index (χ4n) is 6.35. The molecule has 0 unspecified atom stereocenters. The van der Waals surface area contributed by atoms with Gasteiger partial charge in [-0.05, 0) is 72.8 Å². The maximum atomic E-state index is 12.6. The number of hydrogen-bond donors (Lipinski definition) is 12. The van der Waals surface area contributed by atoms with Gasteiger partial charge in [0, 0.05) is 12.8 Å². The number of imide groups is 2. The summed E-state index contributed by atoms with van der Waals surface area (Å²) in [7, 11) is -7.04. The van der Waals surface area contributed by atoms with E-state index in [1.54, 1.807) is 12.1 Å². The summed E-state index contributed by atoms with van der Waals surface area (Å²) < 4.78 is 52.4. The molecule has 30 heteroatoms. The summed E-state index contributed by atoms with van der Waals surface area (Å²) in [6.45, 7) is 2.84. The number of amides is 4. The van der Waals surface area contributed by atoms with Crippen LogP contribution in [0.3, 0.4) is 0 Å². The van der Waals surface area contributed by atoms with Crippen molar-refractivity contribution >= 4 is 96.4 Å². The molecule has 2 aliphatic rings. The number of benzene rings is 4. The summed E-state index contributed by atoms with van der Waals surface area (Å²) in [5.41, 5.74) is 42.0. The number of carbonyl (C=O) groups excluding carboxylic acids is 7. The van der Waals surface area contributed by atoms with Gasteiger partial charge in [0.05, 0.1) is 106 Å². The average Bonchev–Trinajstić information content (AvgIpc) is 3.73. The van der Waals surface area contributed by atoms with Crippen LogP contribution in [0.25, 0.3) is 0 Å². The van der Waals surface area contributed by atoms with Crippen LogP contribution in [0.2, 0.25) is 0 Å². The SMILES string of the molecule is COC(=O)c1ccc2c(c1)C(=O)N(c1ccc(S(=O)(=O)CC(=O)[O-])cc1)C2=O.NC(N)=[NH+]CCC[NH+]=C(N)N.NC(N)=[NH+]CCC[NH+]=C(N)N.O=C([O-])CS(=O)(=O)c1cccc(N2C(=O)c3ccccc3C2=O)c1. The highest BCUT2D eigenvalue weighted by molar-refractivity contribution is 7.92. The minimum Gasteiger partial charge on any atom is -0.549 e. The number of methoxy groups -OCH3 is 1. The first-order chi connectivity index (χ1) is 34.7. The number of aliphatic carboxylic acids is 2. The number of carboxylic acids is 2. The third-order valence-corrected chi connectivity index (χ3v) is 12.8. The van der Waals surface area contributed by atoms with Gasteiger partial charge in [0.1, 0.15) is 0 Å². The lowest BCUT2D eigenvalue weighted by molar-refractivity contribution is -0.493. The quantitative estimate of drug-likeness (QED) is 0.0154. The zero-order valence-electron chi connectivity index (χ0n) is 39.4. The van der Waals surface area contributed by atoms with Gasteiger partial charge in [-0.25, -0.2) is 31.4 Å². The molecule has 4 amide bonds. The summed E-state index contributed by atoms with van der Waals surface area (Å²) in [4.78, 5) is 94.9. The van der Waals surface area contributed by atoms with Crippen molar-refractivity contribution in [2.45, 2.75) is 22.6 Å². The first-order valence-electron chi connectivity index (χ1n) is 21.3. The first kappa shape index (κ1) is 58.9. The summed E-state index contributed by atoms with van der Waals surface area (Å²) >= 11 is 0. The van der Waals surface area contributed by atoms with Crippen LogP contribution < -0.4 is 85.9 Å². The van der Waals surface area contributed by atoms with Crippen molar-refractivity contribution < 1.29 is 85.3 Å². The molecule has 0 radical (unpaired) electrons. The van der Waals surface area contributed by atoms with Gasteiger partial charge in [-0.15, -0.1) is 0 Å². The van der Waals surface area contributed by atoms with E-state index in [2.05, 4.69) is 24.7 Å². The van der Waals surface area contributed by atoms with Crippen LogP contribution in [0, 0.1) is 0 Å². The molecule has 0 fully saturated rings. The lowest BCUT2D eigenvalue weighted by Crippen LogP contribution is -2.82. The molecule has 0 spiro atoms. The Morgan fingerprint density at radius 1 is 0.486 bits per heavy atom. The van der Waals surface area contributed by atoms with Crippen molar-refractivity contribution in [2.24, 2.45) is 45.9 Å². The van der Waals surface area contributed by atoms with Gasteiger partial charge in [0.15, 0.2) is 19.7 Å². The highest BCUT2D eigenvalue weighted by atomic mass is 32.2. The Morgan fingerprint density at radius 2 is 0.878 bits per heavy atom. The Labute approximate surface area is 422 Å². The summed E-state index contributed by atoms with van der Waals surface area (Å²) in [6.07, 6.45) is 1.71. The number of ether oxygens (including phenoxy) is 1. The molecular formula is C44H54N14O14S2+2. The lowest BCUT2D eigenvalue weighted by atomic mass is 10.1. The van der Waals surface area contributed by atoms with Gasteiger partial charge in [-0.1, -0.05) is 18.2 Å². The van der Waals surface area contributed by atoms with E-state index < -0.39 is 72.7 Å². The average molecular weight is 1070 g/mol. The summed E-state index contributed by atoms with van der Waals surface area (Å²) in [5, 5.41) is 21.1. The second kappa shape index (κ2) is 26.7. The minimum atomic E-state index is -4.13. The number of guanidine groups is 4. The molecule has 0 atom stereocenters. The van der Waals surface area contributed by atoms with Gasteiger partial charge in [-0.2, -0.15) is 0 Å². The third kappa shape index (κ3) is 16.9. The number of carbonyl (C=O) groups is 7. The molecule has 6 rings (SSSR count). The second-order valence-electron chi connectivity index (χ2n) is 15.2. The third-order valence-electron chi connectivity index (χ3n) is 9.63. The van der Waals surface area contributed by atoms with Crippen LogP contribution in [0.1, 0.15) is 64.6 Å². The standard InChI is InChI=1S/C18H13NO8S.C16H11NO6S.2C5H14N6/c1-27-18(24)10-2-7-13-14(8-10)17(23)19(16(13)22)11-3-5-12(6-4-11)28(25,26)9-15(20)21;18-14(19)9-24(22,23)11-5-3-4-10(8-11)17-15(20)12-6-1-2-7-13(12)16(17)21;2*6-4(7)10-2-1-3-11-5(8)9/h2-8H,9H2,1H3,(H,20,21);1-8H,9H2,(H,18,19);2*1-3H2,(H4,6,7,10)(H4,8,9,11)/p+2. The van der Waals surface area contributed by atoms with E-state index in [1.807, 2.05) is 0 Å². The van der Waals surface area contributed by atoms with E-state index in [-0.39, 0.29) is 72.8 Å². The first-order valence-corrected chi connectivity index (χ1v) is 24.6. The molecule has 74 heavy (non-hydrogen) atoms. The van der Waals surface area contributed by atoms with Crippen molar-refractivity contribution in [1.29, 1.82) is 0 Å². The molecule has 28 nitrogen and oxygen atoms in total. The number of sulfone groups is 2. The predicted molar refractivity (Wildman–Crippen MR) is 260 cm³/mol. The van der Waals surface area contributed by atoms with Crippen molar-refractivity contribution in [3.63, 3.8) is 0 Å². The number of carboxylic acid groups (broad SMARTS) is 2. The van der Waals surface area contributed by atoms with E-state index >= 15 is 0 Å². The Morgan fingerprint density at radius 3 is 1.28 bits per heavy atom. The molecule has 2 heterocycles. The van der Waals surface area contributed by atoms with Gasteiger partial charge >= 0.3 is 29.8 Å². The Bertz CT molecular complexity index is 3020. The molecule has 394 valence electrons. The zero-order chi connectivity index (χ0) is 55.5. The number of rotatable bonds is 17. The molecule has 4 aromatic rings. The second-order valence-corrected chi connectivity index (χ2v) is 19.2.